The minimum Gasteiger partial charge on any atom is -0.511 e. The molecule has 0 radical (unpaired) electrons. The van der Waals surface area contributed by atoms with Crippen molar-refractivity contribution in [3.05, 3.63) is 12.3 Å². The van der Waals surface area contributed by atoms with E-state index in [4.69, 9.17) is 5.11 Å². The summed E-state index contributed by atoms with van der Waals surface area (Å²) in [5, 5.41) is 23.6. The summed E-state index contributed by atoms with van der Waals surface area (Å²) in [5.41, 5.74) is 0. The van der Waals surface area contributed by atoms with Crippen LogP contribution in [0.25, 0.3) is 0 Å². The van der Waals surface area contributed by atoms with Gasteiger partial charge in [0.15, 0.2) is 0 Å². The van der Waals surface area contributed by atoms with Crippen molar-refractivity contribution in [2.45, 2.75) is 24.9 Å². The lowest BCUT2D eigenvalue weighted by Gasteiger charge is -2.13. The Morgan fingerprint density at radius 3 is 1.89 bits per heavy atom. The SMILES string of the molecule is C=C(O)[C@H](CCSSCC[C@@H](NP)C(=O)O)NP. The van der Waals surface area contributed by atoms with Crippen LogP contribution < -0.4 is 10.2 Å². The molecule has 0 aliphatic rings. The van der Waals surface area contributed by atoms with E-state index >= 15 is 0 Å². The van der Waals surface area contributed by atoms with Gasteiger partial charge < -0.3 is 10.2 Å². The number of carbonyl (C=O) groups is 1. The van der Waals surface area contributed by atoms with Crippen LogP contribution in [0.3, 0.4) is 0 Å². The first-order valence-electron chi connectivity index (χ1n) is 5.30. The minimum atomic E-state index is -0.834. The Balaban J connectivity index is 3.56. The predicted octanol–water partition coefficient (Wildman–Crippen LogP) is 1.80. The van der Waals surface area contributed by atoms with E-state index in [1.807, 2.05) is 0 Å². The quantitative estimate of drug-likeness (QED) is 0.199. The first-order chi connectivity index (χ1) is 8.52. The van der Waals surface area contributed by atoms with Crippen LogP contribution in [0, 0.1) is 0 Å². The second kappa shape index (κ2) is 11.3. The monoisotopic (exact) mass is 330 g/mol. The van der Waals surface area contributed by atoms with E-state index in [9.17, 15) is 9.90 Å². The molecule has 106 valence electrons. The highest BCUT2D eigenvalue weighted by Gasteiger charge is 2.14. The van der Waals surface area contributed by atoms with E-state index in [2.05, 4.69) is 35.5 Å². The predicted molar refractivity (Wildman–Crippen MR) is 86.8 cm³/mol. The molecular weight excluding hydrogens is 310 g/mol. The van der Waals surface area contributed by atoms with Crippen LogP contribution in [0.1, 0.15) is 12.8 Å². The van der Waals surface area contributed by atoms with E-state index < -0.39 is 12.0 Å². The smallest absolute Gasteiger partial charge is 0.320 e. The lowest BCUT2D eigenvalue weighted by atomic mass is 10.2. The summed E-state index contributed by atoms with van der Waals surface area (Å²) >= 11 is 0. The average molecular weight is 330 g/mol. The molecule has 0 saturated heterocycles. The molecule has 4 N–H and O–H groups in total. The molecule has 0 aromatic heterocycles. The minimum absolute atomic E-state index is 0.108. The van der Waals surface area contributed by atoms with Gasteiger partial charge in [-0.25, -0.2) is 0 Å². The van der Waals surface area contributed by atoms with Crippen molar-refractivity contribution in [3.63, 3.8) is 0 Å². The molecule has 0 spiro atoms. The number of hydrogen-bond donors (Lipinski definition) is 4. The fourth-order valence-corrected chi connectivity index (χ4v) is 3.93. The Kier molecular flexibility index (Phi) is 11.6. The number of carboxylic acid groups (broad SMARTS) is 1. The zero-order valence-corrected chi connectivity index (χ0v) is 13.9. The van der Waals surface area contributed by atoms with Crippen LogP contribution in [-0.2, 0) is 4.79 Å². The maximum atomic E-state index is 10.7. The van der Waals surface area contributed by atoms with Gasteiger partial charge in [-0.2, -0.15) is 0 Å². The fraction of sp³-hybridized carbons (Fsp3) is 0.667. The highest BCUT2D eigenvalue weighted by molar-refractivity contribution is 8.76. The van der Waals surface area contributed by atoms with Gasteiger partial charge in [0.05, 0.1) is 6.04 Å². The summed E-state index contributed by atoms with van der Waals surface area (Å²) in [6.07, 6.45) is 1.36. The highest BCUT2D eigenvalue weighted by Crippen LogP contribution is 2.24. The fourth-order valence-electron chi connectivity index (χ4n) is 1.07. The molecule has 0 aromatic carbocycles. The van der Waals surface area contributed by atoms with E-state index in [-0.39, 0.29) is 11.8 Å². The molecule has 2 unspecified atom stereocenters. The maximum Gasteiger partial charge on any atom is 0.320 e. The topological polar surface area (TPSA) is 81.6 Å². The average Bonchev–Trinajstić information content (AvgIpc) is 2.32. The van der Waals surface area contributed by atoms with Crippen molar-refractivity contribution in [1.29, 1.82) is 0 Å². The summed E-state index contributed by atoms with van der Waals surface area (Å²) in [6, 6.07) is -0.620. The van der Waals surface area contributed by atoms with Gasteiger partial charge in [-0.1, -0.05) is 46.9 Å². The molecular formula is C9H20N2O3P2S2. The molecule has 0 amide bonds. The maximum absolute atomic E-state index is 10.7. The molecule has 18 heavy (non-hydrogen) atoms. The van der Waals surface area contributed by atoms with Crippen LogP contribution in [-0.4, -0.2) is 39.8 Å². The van der Waals surface area contributed by atoms with Crippen molar-refractivity contribution in [1.82, 2.24) is 10.2 Å². The summed E-state index contributed by atoms with van der Waals surface area (Å²) in [6.45, 7) is 3.48. The van der Waals surface area contributed by atoms with Crippen molar-refractivity contribution in [2.75, 3.05) is 11.5 Å². The van der Waals surface area contributed by atoms with E-state index in [1.54, 1.807) is 21.6 Å². The standard InChI is InChI=1S/C9H20N2O3P2S2/c1-6(12)7(10-15)2-4-17-18-5-3-8(11-16)9(13)14/h7-8,10-12H,1-5,15-16H2,(H,13,14)/t7-,8+/m0/s1. The Bertz CT molecular complexity index is 246. The van der Waals surface area contributed by atoms with Gasteiger partial charge in [0, 0.05) is 11.5 Å². The largest absolute Gasteiger partial charge is 0.511 e. The molecule has 5 nitrogen and oxygen atoms in total. The zero-order chi connectivity index (χ0) is 14.0. The van der Waals surface area contributed by atoms with Gasteiger partial charge in [-0.3, -0.25) is 15.0 Å². The van der Waals surface area contributed by atoms with Gasteiger partial charge in [0.2, 0.25) is 0 Å². The molecule has 0 rings (SSSR count). The third-order valence-electron chi connectivity index (χ3n) is 2.17. The van der Waals surface area contributed by atoms with Gasteiger partial charge in [0.1, 0.15) is 11.8 Å². The Hall–Kier alpha value is 0.490. The number of aliphatic carboxylic acids is 1. The Morgan fingerprint density at radius 2 is 1.56 bits per heavy atom. The lowest BCUT2D eigenvalue weighted by molar-refractivity contribution is -0.138. The first kappa shape index (κ1) is 18.5. The highest BCUT2D eigenvalue weighted by atomic mass is 33.1. The molecule has 0 aliphatic heterocycles. The summed E-state index contributed by atoms with van der Waals surface area (Å²) in [5.74, 6) is 0.929. The zero-order valence-electron chi connectivity index (χ0n) is 9.96. The molecule has 0 heterocycles. The van der Waals surface area contributed by atoms with Crippen LogP contribution in [0.4, 0.5) is 0 Å². The molecule has 0 fully saturated rings. The summed E-state index contributed by atoms with van der Waals surface area (Å²) in [4.78, 5) is 10.7. The number of rotatable bonds is 11. The lowest BCUT2D eigenvalue weighted by Crippen LogP contribution is -2.30. The number of aliphatic hydroxyl groups excluding tert-OH is 1. The second-order valence-corrected chi connectivity index (χ2v) is 6.86. The van der Waals surface area contributed by atoms with E-state index in [0.29, 0.717) is 6.42 Å². The molecule has 0 aliphatic carbocycles. The Morgan fingerprint density at radius 1 is 1.11 bits per heavy atom. The molecule has 0 saturated carbocycles. The van der Waals surface area contributed by atoms with Gasteiger partial charge >= 0.3 is 5.97 Å². The number of carboxylic acids is 1. The Labute approximate surface area is 120 Å². The normalized spacial score (nSPS) is 14.1. The van der Waals surface area contributed by atoms with Crippen molar-refractivity contribution >= 4 is 46.3 Å². The number of hydrogen-bond acceptors (Lipinski definition) is 6. The first-order valence-corrected chi connectivity index (χ1v) is 8.94. The third-order valence-corrected chi connectivity index (χ3v) is 5.44. The third kappa shape index (κ3) is 8.57. The summed E-state index contributed by atoms with van der Waals surface area (Å²) < 4.78 is 0. The number of nitrogens with one attached hydrogen (secondary N) is 2. The van der Waals surface area contributed by atoms with E-state index in [1.165, 1.54) is 0 Å². The van der Waals surface area contributed by atoms with E-state index in [0.717, 1.165) is 17.9 Å². The molecule has 9 heteroatoms. The van der Waals surface area contributed by atoms with Crippen LogP contribution >= 0.6 is 40.4 Å². The van der Waals surface area contributed by atoms with Crippen molar-refractivity contribution in [2.24, 2.45) is 0 Å². The van der Waals surface area contributed by atoms with Gasteiger partial charge in [-0.15, -0.1) is 0 Å². The van der Waals surface area contributed by atoms with Crippen molar-refractivity contribution in [3.8, 4) is 0 Å². The van der Waals surface area contributed by atoms with Crippen LogP contribution in [0.5, 0.6) is 0 Å². The van der Waals surface area contributed by atoms with Gasteiger partial charge in [0.25, 0.3) is 0 Å². The molecule has 4 atom stereocenters. The second-order valence-electron chi connectivity index (χ2n) is 3.49. The summed E-state index contributed by atoms with van der Waals surface area (Å²) in [7, 11) is 7.89. The molecule has 0 bridgehead atoms. The van der Waals surface area contributed by atoms with Crippen LogP contribution in [0.15, 0.2) is 12.3 Å². The van der Waals surface area contributed by atoms with Crippen molar-refractivity contribution < 1.29 is 15.0 Å². The molecule has 0 aromatic rings. The number of aliphatic hydroxyl groups is 1. The van der Waals surface area contributed by atoms with Gasteiger partial charge in [-0.05, 0) is 12.8 Å². The van der Waals surface area contributed by atoms with Crippen LogP contribution in [0.2, 0.25) is 0 Å².